The lowest BCUT2D eigenvalue weighted by molar-refractivity contribution is -0.118. The highest BCUT2D eigenvalue weighted by Gasteiger charge is 2.11. The fourth-order valence-electron chi connectivity index (χ4n) is 1.80. The minimum Gasteiger partial charge on any atom is -0.299 e. The molecule has 0 aliphatic heterocycles. The number of rotatable bonds is 2. The highest BCUT2D eigenvalue weighted by molar-refractivity contribution is 7.98. The van der Waals surface area contributed by atoms with E-state index in [1.54, 1.807) is 11.8 Å². The van der Waals surface area contributed by atoms with Gasteiger partial charge in [-0.1, -0.05) is 18.2 Å². The van der Waals surface area contributed by atoms with Crippen molar-refractivity contribution >= 4 is 23.1 Å². The van der Waals surface area contributed by atoms with Gasteiger partial charge in [-0.3, -0.25) is 4.79 Å². The summed E-state index contributed by atoms with van der Waals surface area (Å²) < 4.78 is 0. The Morgan fingerprint density at radius 3 is 2.59 bits per heavy atom. The molecule has 1 aromatic rings. The number of hydrogen-bond acceptors (Lipinski definition) is 2. The summed E-state index contributed by atoms with van der Waals surface area (Å²) in [5.74, 6) is 0.361. The molecule has 0 fully saturated rings. The molecule has 0 radical (unpaired) electrons. The third-order valence-corrected chi connectivity index (χ3v) is 3.42. The zero-order valence-electron chi connectivity index (χ0n) is 10.2. The van der Waals surface area contributed by atoms with Gasteiger partial charge in [-0.25, -0.2) is 0 Å². The van der Waals surface area contributed by atoms with Crippen molar-refractivity contribution in [3.63, 3.8) is 0 Å². The lowest BCUT2D eigenvalue weighted by Gasteiger charge is -2.12. The average Bonchev–Trinajstić information content (AvgIpc) is 2.42. The first-order valence-electron chi connectivity index (χ1n) is 5.65. The highest BCUT2D eigenvalue weighted by Crippen LogP contribution is 2.27. The molecule has 0 unspecified atom stereocenters. The second-order valence-electron chi connectivity index (χ2n) is 3.70. The van der Waals surface area contributed by atoms with Gasteiger partial charge in [-0.05, 0) is 35.9 Å². The number of thioether (sulfide) groups is 1. The molecule has 1 aliphatic carbocycles. The summed E-state index contributed by atoms with van der Waals surface area (Å²) in [6.07, 6.45) is 6.37. The van der Waals surface area contributed by atoms with Crippen LogP contribution in [0.3, 0.4) is 0 Å². The number of carbonyl (C=O) groups excluding carboxylic acids is 1. The molecule has 2 rings (SSSR count). The van der Waals surface area contributed by atoms with Crippen LogP contribution >= 0.6 is 11.8 Å². The van der Waals surface area contributed by atoms with Crippen LogP contribution in [0.25, 0.3) is 5.57 Å². The Bertz CT molecular complexity index is 421. The van der Waals surface area contributed by atoms with E-state index in [0.717, 1.165) is 6.42 Å². The summed E-state index contributed by atoms with van der Waals surface area (Å²) in [5.41, 5.74) is 2.60. The van der Waals surface area contributed by atoms with Crippen molar-refractivity contribution < 1.29 is 4.79 Å². The van der Waals surface area contributed by atoms with Crippen LogP contribution < -0.4 is 0 Å². The van der Waals surface area contributed by atoms with E-state index in [1.807, 2.05) is 0 Å². The molecule has 0 N–H and O–H groups in total. The van der Waals surface area contributed by atoms with E-state index in [1.165, 1.54) is 16.0 Å². The van der Waals surface area contributed by atoms with Gasteiger partial charge >= 0.3 is 0 Å². The Morgan fingerprint density at radius 2 is 2.00 bits per heavy atom. The van der Waals surface area contributed by atoms with Crippen LogP contribution in [0.1, 0.15) is 24.8 Å². The Hall–Kier alpha value is -1.28. The van der Waals surface area contributed by atoms with Crippen molar-refractivity contribution in [3.8, 4) is 0 Å². The molecule has 0 atom stereocenters. The van der Waals surface area contributed by atoms with Gasteiger partial charge in [0.05, 0.1) is 0 Å². The van der Waals surface area contributed by atoms with E-state index in [9.17, 15) is 4.79 Å². The van der Waals surface area contributed by atoms with Gasteiger partial charge in [0.2, 0.25) is 0 Å². The van der Waals surface area contributed by atoms with Gasteiger partial charge in [-0.2, -0.15) is 0 Å². The maximum absolute atomic E-state index is 11.1. The molecular weight excluding hydrogens is 228 g/mol. The van der Waals surface area contributed by atoms with Crippen molar-refractivity contribution in [2.45, 2.75) is 24.2 Å². The van der Waals surface area contributed by atoms with Crippen LogP contribution in [0, 0.1) is 0 Å². The van der Waals surface area contributed by atoms with Gasteiger partial charge < -0.3 is 0 Å². The molecule has 0 amide bonds. The molecule has 1 aliphatic rings. The topological polar surface area (TPSA) is 17.1 Å². The van der Waals surface area contributed by atoms with Crippen molar-refractivity contribution in [1.29, 1.82) is 0 Å². The molecule has 0 saturated heterocycles. The highest BCUT2D eigenvalue weighted by atomic mass is 32.2. The van der Waals surface area contributed by atoms with Crippen LogP contribution in [0.5, 0.6) is 0 Å². The largest absolute Gasteiger partial charge is 0.299 e. The van der Waals surface area contributed by atoms with E-state index in [-0.39, 0.29) is 0 Å². The summed E-state index contributed by atoms with van der Waals surface area (Å²) in [5, 5.41) is 0. The normalized spacial score (nSPS) is 14.6. The van der Waals surface area contributed by atoms with Crippen LogP contribution in [-0.2, 0) is 4.79 Å². The predicted octanol–water partition coefficient (Wildman–Crippen LogP) is 4.35. The van der Waals surface area contributed by atoms with Crippen molar-refractivity contribution in [3.05, 3.63) is 49.1 Å². The standard InChI is InChI=1S/C13H14OS.C2H4/c1-15-13-4-2-3-11(9-13)10-5-7-12(14)8-6-10;1-2/h2-5,9H,6-8H2,1H3;1-2H2. The first kappa shape index (κ1) is 13.8. The average molecular weight is 246 g/mol. The maximum Gasteiger partial charge on any atom is 0.137 e. The van der Waals surface area contributed by atoms with Crippen LogP contribution in [0.15, 0.2) is 48.4 Å². The molecule has 0 aromatic heterocycles. The summed E-state index contributed by atoms with van der Waals surface area (Å²) in [7, 11) is 0. The molecule has 1 nitrogen and oxygen atoms in total. The third kappa shape index (κ3) is 3.90. The number of carbonyl (C=O) groups is 1. The lowest BCUT2D eigenvalue weighted by atomic mass is 9.93. The second kappa shape index (κ2) is 7.13. The molecule has 0 bridgehead atoms. The monoisotopic (exact) mass is 246 g/mol. The van der Waals surface area contributed by atoms with Gasteiger partial charge in [0.1, 0.15) is 5.78 Å². The molecule has 0 heterocycles. The molecule has 90 valence electrons. The zero-order valence-corrected chi connectivity index (χ0v) is 11.1. The van der Waals surface area contributed by atoms with Crippen molar-refractivity contribution in [2.75, 3.05) is 6.26 Å². The number of allylic oxidation sites excluding steroid dienone is 2. The van der Waals surface area contributed by atoms with E-state index in [0.29, 0.717) is 18.6 Å². The number of benzene rings is 1. The van der Waals surface area contributed by atoms with Crippen molar-refractivity contribution in [2.24, 2.45) is 0 Å². The second-order valence-corrected chi connectivity index (χ2v) is 4.58. The Labute approximate surface area is 108 Å². The number of Topliss-reactive ketones (excluding diaryl/α,β-unsaturated/α-hetero) is 1. The van der Waals surface area contributed by atoms with Crippen LogP contribution in [-0.4, -0.2) is 12.0 Å². The Kier molecular flexibility index (Phi) is 5.78. The molecular formula is C15H18OS. The number of ketones is 1. The molecule has 2 heteroatoms. The van der Waals surface area contributed by atoms with E-state index in [4.69, 9.17) is 0 Å². The molecule has 0 spiro atoms. The fraction of sp³-hybridized carbons (Fsp3) is 0.267. The lowest BCUT2D eigenvalue weighted by Crippen LogP contribution is -2.02. The van der Waals surface area contributed by atoms with E-state index >= 15 is 0 Å². The third-order valence-electron chi connectivity index (χ3n) is 2.69. The predicted molar refractivity (Wildman–Crippen MR) is 76.3 cm³/mol. The van der Waals surface area contributed by atoms with E-state index < -0.39 is 0 Å². The van der Waals surface area contributed by atoms with Crippen LogP contribution in [0.4, 0.5) is 0 Å². The molecule has 0 saturated carbocycles. The molecule has 17 heavy (non-hydrogen) atoms. The van der Waals surface area contributed by atoms with Gasteiger partial charge in [0, 0.05) is 17.7 Å². The SMILES string of the molecule is C=C.CSc1cccc(C2=CCC(=O)CC2)c1. The fourth-order valence-corrected chi connectivity index (χ4v) is 2.26. The summed E-state index contributed by atoms with van der Waals surface area (Å²) in [4.78, 5) is 12.4. The quantitative estimate of drug-likeness (QED) is 0.570. The molecule has 1 aromatic carbocycles. The van der Waals surface area contributed by atoms with Crippen LogP contribution in [0.2, 0.25) is 0 Å². The summed E-state index contributed by atoms with van der Waals surface area (Å²) >= 11 is 1.75. The zero-order chi connectivity index (χ0) is 12.7. The Balaban J connectivity index is 0.000000686. The summed E-state index contributed by atoms with van der Waals surface area (Å²) in [6, 6.07) is 8.52. The van der Waals surface area contributed by atoms with Gasteiger partial charge in [-0.15, -0.1) is 24.9 Å². The first-order chi connectivity index (χ1) is 8.29. The van der Waals surface area contributed by atoms with E-state index in [2.05, 4.69) is 49.8 Å². The smallest absolute Gasteiger partial charge is 0.137 e. The van der Waals surface area contributed by atoms with Crippen molar-refractivity contribution in [1.82, 2.24) is 0 Å². The minimum absolute atomic E-state index is 0.361. The van der Waals surface area contributed by atoms with Gasteiger partial charge in [0.25, 0.3) is 0 Å². The van der Waals surface area contributed by atoms with Gasteiger partial charge in [0.15, 0.2) is 0 Å². The maximum atomic E-state index is 11.1. The first-order valence-corrected chi connectivity index (χ1v) is 6.87. The number of hydrogen-bond donors (Lipinski definition) is 0. The Morgan fingerprint density at radius 1 is 1.24 bits per heavy atom. The summed E-state index contributed by atoms with van der Waals surface area (Å²) in [6.45, 7) is 6.00. The minimum atomic E-state index is 0.361.